The molecule has 3 aliphatic rings. The molecule has 0 saturated heterocycles. The molecule has 2 unspecified atom stereocenters. The van der Waals surface area contributed by atoms with Crippen molar-refractivity contribution in [1.29, 1.82) is 0 Å². The third-order valence-electron chi connectivity index (χ3n) is 7.33. The van der Waals surface area contributed by atoms with E-state index in [2.05, 4.69) is 25.8 Å². The number of aliphatic hydroxyl groups is 1. The Morgan fingerprint density at radius 1 is 1.33 bits per heavy atom. The lowest BCUT2D eigenvalue weighted by Crippen LogP contribution is -2.66. The molecule has 0 spiro atoms. The maximum atomic E-state index is 12.7. The lowest BCUT2D eigenvalue weighted by atomic mass is 9.61. The SMILES string of the molecule is CCc1ccc(O)c2c1C1C(O2)C(=O)CC[C@@]1(O)C(C)(C)N(C)CC1CC1. The molecule has 1 heterocycles. The van der Waals surface area contributed by atoms with Gasteiger partial charge in [-0.2, -0.15) is 0 Å². The first kappa shape index (κ1) is 18.8. The third kappa shape index (κ3) is 2.70. The van der Waals surface area contributed by atoms with Gasteiger partial charge in [0.15, 0.2) is 23.4 Å². The van der Waals surface area contributed by atoms with Crippen LogP contribution in [0.4, 0.5) is 0 Å². The molecule has 2 fully saturated rings. The van der Waals surface area contributed by atoms with Crippen LogP contribution in [0.2, 0.25) is 0 Å². The molecule has 2 aliphatic carbocycles. The van der Waals surface area contributed by atoms with E-state index in [9.17, 15) is 15.0 Å². The summed E-state index contributed by atoms with van der Waals surface area (Å²) in [6, 6.07) is 3.52. The number of carbonyl (C=O) groups excluding carboxylic acids is 1. The number of ether oxygens (including phenoxy) is 1. The number of rotatable bonds is 5. The molecule has 5 heteroatoms. The lowest BCUT2D eigenvalue weighted by Gasteiger charge is -2.54. The quantitative estimate of drug-likeness (QED) is 0.830. The Balaban J connectivity index is 1.81. The molecule has 0 amide bonds. The van der Waals surface area contributed by atoms with Gasteiger partial charge in [-0.1, -0.05) is 13.0 Å². The summed E-state index contributed by atoms with van der Waals surface area (Å²) in [5.74, 6) is 0.714. The Kier molecular flexibility index (Phi) is 4.32. The second-order valence-corrected chi connectivity index (χ2v) is 9.13. The lowest BCUT2D eigenvalue weighted by molar-refractivity contribution is -0.158. The summed E-state index contributed by atoms with van der Waals surface area (Å²) in [4.78, 5) is 15.0. The molecule has 27 heavy (non-hydrogen) atoms. The predicted molar refractivity (Wildman–Crippen MR) is 103 cm³/mol. The second-order valence-electron chi connectivity index (χ2n) is 9.13. The second kappa shape index (κ2) is 6.21. The Hall–Kier alpha value is -1.59. The minimum Gasteiger partial charge on any atom is -0.504 e. The minimum absolute atomic E-state index is 0.0166. The normalized spacial score (nSPS) is 30.2. The molecule has 148 valence electrons. The average Bonchev–Trinajstić information content (AvgIpc) is 3.34. The summed E-state index contributed by atoms with van der Waals surface area (Å²) in [6.07, 6.45) is 3.26. The molecule has 1 aromatic carbocycles. The van der Waals surface area contributed by atoms with E-state index in [1.165, 1.54) is 12.8 Å². The van der Waals surface area contributed by atoms with Crippen molar-refractivity contribution in [1.82, 2.24) is 4.90 Å². The largest absolute Gasteiger partial charge is 0.504 e. The number of hydrogen-bond acceptors (Lipinski definition) is 5. The van der Waals surface area contributed by atoms with Crippen molar-refractivity contribution in [3.63, 3.8) is 0 Å². The molecule has 1 aromatic rings. The summed E-state index contributed by atoms with van der Waals surface area (Å²) in [7, 11) is 2.07. The first-order valence-corrected chi connectivity index (χ1v) is 10.2. The van der Waals surface area contributed by atoms with Crippen molar-refractivity contribution >= 4 is 5.78 Å². The molecular formula is C22H31NO4. The maximum absolute atomic E-state index is 12.7. The van der Waals surface area contributed by atoms with E-state index < -0.39 is 23.2 Å². The predicted octanol–water partition coefficient (Wildman–Crippen LogP) is 3.01. The zero-order valence-electron chi connectivity index (χ0n) is 16.8. The van der Waals surface area contributed by atoms with Crippen molar-refractivity contribution in [3.8, 4) is 11.5 Å². The van der Waals surface area contributed by atoms with Crippen molar-refractivity contribution < 1.29 is 19.7 Å². The smallest absolute Gasteiger partial charge is 0.174 e. The van der Waals surface area contributed by atoms with Gasteiger partial charge in [-0.15, -0.1) is 0 Å². The number of Topliss-reactive ketones (excluding diaryl/α,β-unsaturated/α-hetero) is 1. The molecule has 0 aromatic heterocycles. The van der Waals surface area contributed by atoms with E-state index in [4.69, 9.17) is 4.74 Å². The van der Waals surface area contributed by atoms with Gasteiger partial charge in [0.2, 0.25) is 0 Å². The number of likely N-dealkylation sites (N-methyl/N-ethyl adjacent to an activating group) is 1. The van der Waals surface area contributed by atoms with Crippen LogP contribution in [0.5, 0.6) is 11.5 Å². The van der Waals surface area contributed by atoms with Gasteiger partial charge in [-0.25, -0.2) is 0 Å². The highest BCUT2D eigenvalue weighted by Gasteiger charge is 2.62. The van der Waals surface area contributed by atoms with Crippen LogP contribution in [-0.2, 0) is 11.2 Å². The number of benzene rings is 1. The van der Waals surface area contributed by atoms with E-state index in [1.807, 2.05) is 13.0 Å². The number of nitrogens with zero attached hydrogens (tertiary/aromatic N) is 1. The van der Waals surface area contributed by atoms with Crippen molar-refractivity contribution in [2.45, 2.75) is 76.0 Å². The zero-order valence-corrected chi connectivity index (χ0v) is 16.8. The van der Waals surface area contributed by atoms with Gasteiger partial charge in [0, 0.05) is 24.1 Å². The Morgan fingerprint density at radius 2 is 2.04 bits per heavy atom. The molecule has 2 saturated carbocycles. The first-order valence-electron chi connectivity index (χ1n) is 10.2. The minimum atomic E-state index is -1.11. The molecule has 0 bridgehead atoms. The molecule has 5 nitrogen and oxygen atoms in total. The Morgan fingerprint density at radius 3 is 2.67 bits per heavy atom. The number of hydrogen-bond donors (Lipinski definition) is 2. The van der Waals surface area contributed by atoms with Gasteiger partial charge in [0.05, 0.1) is 11.5 Å². The van der Waals surface area contributed by atoms with Gasteiger partial charge >= 0.3 is 0 Å². The van der Waals surface area contributed by atoms with Gasteiger partial charge in [-0.05, 0) is 64.1 Å². The van der Waals surface area contributed by atoms with Crippen LogP contribution < -0.4 is 4.74 Å². The van der Waals surface area contributed by atoms with Crippen LogP contribution in [0.3, 0.4) is 0 Å². The van der Waals surface area contributed by atoms with Crippen LogP contribution in [0.1, 0.15) is 63.5 Å². The van der Waals surface area contributed by atoms with Crippen LogP contribution >= 0.6 is 0 Å². The first-order chi connectivity index (χ1) is 12.7. The highest BCUT2D eigenvalue weighted by Crippen LogP contribution is 2.57. The third-order valence-corrected chi connectivity index (χ3v) is 7.33. The number of ketones is 1. The number of phenols is 1. The number of carbonyl (C=O) groups is 1. The van der Waals surface area contributed by atoms with Gasteiger partial charge < -0.3 is 14.9 Å². The molecule has 1 aliphatic heterocycles. The van der Waals surface area contributed by atoms with Gasteiger partial charge in [0.25, 0.3) is 0 Å². The fourth-order valence-corrected chi connectivity index (χ4v) is 5.03. The summed E-state index contributed by atoms with van der Waals surface area (Å²) >= 11 is 0. The van der Waals surface area contributed by atoms with E-state index in [1.54, 1.807) is 6.07 Å². The number of phenolic OH excluding ortho intramolecular Hbond substituents is 1. The monoisotopic (exact) mass is 373 g/mol. The van der Waals surface area contributed by atoms with E-state index in [0.717, 1.165) is 24.1 Å². The molecule has 2 N–H and O–H groups in total. The highest BCUT2D eigenvalue weighted by atomic mass is 16.5. The summed E-state index contributed by atoms with van der Waals surface area (Å²) in [6.45, 7) is 7.16. The standard InChI is InChI=1S/C22H31NO4/c1-5-14-8-9-15(24)19-17(14)18-20(27-19)16(25)10-11-22(18,26)21(2,3)23(4)12-13-6-7-13/h8-9,13,18,20,24,26H,5-7,10-12H2,1-4H3/t18?,20?,22-/m0/s1. The van der Waals surface area contributed by atoms with Crippen LogP contribution in [0, 0.1) is 5.92 Å². The van der Waals surface area contributed by atoms with Crippen molar-refractivity contribution in [2.24, 2.45) is 5.92 Å². The van der Waals surface area contributed by atoms with Gasteiger partial charge in [-0.3, -0.25) is 9.69 Å². The zero-order chi connectivity index (χ0) is 19.6. The topological polar surface area (TPSA) is 70.0 Å². The van der Waals surface area contributed by atoms with E-state index in [0.29, 0.717) is 24.5 Å². The van der Waals surface area contributed by atoms with Crippen LogP contribution in [0.25, 0.3) is 0 Å². The maximum Gasteiger partial charge on any atom is 0.174 e. The Labute approximate surface area is 161 Å². The fourth-order valence-electron chi connectivity index (χ4n) is 5.03. The van der Waals surface area contributed by atoms with Crippen LogP contribution in [-0.4, -0.2) is 51.7 Å². The Bertz CT molecular complexity index is 770. The summed E-state index contributed by atoms with van der Waals surface area (Å²) in [5, 5.41) is 22.5. The molecule has 4 rings (SSSR count). The fraction of sp³-hybridized carbons (Fsp3) is 0.682. The van der Waals surface area contributed by atoms with Crippen molar-refractivity contribution in [3.05, 3.63) is 23.3 Å². The number of fused-ring (bicyclic) bond motifs is 3. The molecule has 3 atom stereocenters. The van der Waals surface area contributed by atoms with E-state index in [-0.39, 0.29) is 11.5 Å². The average molecular weight is 373 g/mol. The summed E-state index contributed by atoms with van der Waals surface area (Å²) in [5.41, 5.74) is 0.216. The highest BCUT2D eigenvalue weighted by molar-refractivity contribution is 5.88. The van der Waals surface area contributed by atoms with Crippen molar-refractivity contribution in [2.75, 3.05) is 13.6 Å². The molecule has 0 radical (unpaired) electrons. The number of aromatic hydroxyl groups is 1. The molecular weight excluding hydrogens is 342 g/mol. The summed E-state index contributed by atoms with van der Waals surface area (Å²) < 4.78 is 5.98. The van der Waals surface area contributed by atoms with Crippen LogP contribution in [0.15, 0.2) is 12.1 Å². The van der Waals surface area contributed by atoms with E-state index >= 15 is 0 Å². The number of aryl methyl sites for hydroxylation is 1. The van der Waals surface area contributed by atoms with Gasteiger partial charge in [0.1, 0.15) is 0 Å².